The fourth-order valence-electron chi connectivity index (χ4n) is 1.59. The number of hydrogen-bond donors (Lipinski definition) is 1. The Bertz CT molecular complexity index is 492. The Morgan fingerprint density at radius 1 is 1.05 bits per heavy atom. The Hall–Kier alpha value is -2.12. The van der Waals surface area contributed by atoms with Crippen LogP contribution in [-0.4, -0.2) is 46.8 Å². The lowest BCUT2D eigenvalue weighted by Gasteiger charge is -2.26. The van der Waals surface area contributed by atoms with Gasteiger partial charge in [-0.3, -0.25) is 0 Å². The SMILES string of the molecule is COc1nc(NC(C(=O)OC(C)(C)C)C(C)C)nc(OC)n1. The molecule has 0 aliphatic rings. The number of hydrogen-bond acceptors (Lipinski definition) is 8. The normalized spacial score (nSPS) is 12.7. The molecule has 1 aromatic rings. The van der Waals surface area contributed by atoms with Gasteiger partial charge in [-0.25, -0.2) is 4.79 Å². The first-order valence-corrected chi connectivity index (χ1v) is 6.99. The number of rotatable bonds is 6. The molecule has 0 aliphatic carbocycles. The first kappa shape index (κ1) is 17.9. The summed E-state index contributed by atoms with van der Waals surface area (Å²) in [5.41, 5.74) is -0.569. The molecule has 1 atom stereocenters. The first-order chi connectivity index (χ1) is 10.2. The molecule has 1 rings (SSSR count). The number of nitrogens with zero attached hydrogens (tertiary/aromatic N) is 3. The number of nitrogens with one attached hydrogen (secondary N) is 1. The average Bonchev–Trinajstić information content (AvgIpc) is 2.41. The van der Waals surface area contributed by atoms with Crippen molar-refractivity contribution in [1.29, 1.82) is 0 Å². The van der Waals surface area contributed by atoms with E-state index in [4.69, 9.17) is 14.2 Å². The average molecular weight is 312 g/mol. The lowest BCUT2D eigenvalue weighted by molar-refractivity contribution is -0.156. The van der Waals surface area contributed by atoms with E-state index in [0.29, 0.717) is 0 Å². The Labute approximate surface area is 130 Å². The van der Waals surface area contributed by atoms with Crippen LogP contribution in [-0.2, 0) is 9.53 Å². The van der Waals surface area contributed by atoms with Gasteiger partial charge in [-0.1, -0.05) is 13.8 Å². The molecule has 0 aromatic carbocycles. The van der Waals surface area contributed by atoms with Gasteiger partial charge in [0, 0.05) is 0 Å². The maximum atomic E-state index is 12.3. The quantitative estimate of drug-likeness (QED) is 0.792. The first-order valence-electron chi connectivity index (χ1n) is 6.99. The third kappa shape index (κ3) is 5.34. The van der Waals surface area contributed by atoms with E-state index in [-0.39, 0.29) is 29.9 Å². The third-order valence-corrected chi connectivity index (χ3v) is 2.57. The van der Waals surface area contributed by atoms with Crippen LogP contribution >= 0.6 is 0 Å². The van der Waals surface area contributed by atoms with Crippen molar-refractivity contribution in [3.05, 3.63) is 0 Å². The van der Waals surface area contributed by atoms with Crippen molar-refractivity contribution in [1.82, 2.24) is 15.0 Å². The second-order valence-electron chi connectivity index (χ2n) is 6.03. The zero-order valence-electron chi connectivity index (χ0n) is 14.1. The van der Waals surface area contributed by atoms with Gasteiger partial charge in [-0.2, -0.15) is 9.97 Å². The van der Waals surface area contributed by atoms with Crippen LogP contribution in [0.1, 0.15) is 34.6 Å². The van der Waals surface area contributed by atoms with E-state index in [1.807, 2.05) is 34.6 Å². The molecule has 1 N–H and O–H groups in total. The monoisotopic (exact) mass is 312 g/mol. The predicted molar refractivity (Wildman–Crippen MR) is 81.0 cm³/mol. The molecule has 0 fully saturated rings. The molecule has 0 amide bonds. The highest BCUT2D eigenvalue weighted by Gasteiger charge is 2.28. The maximum Gasteiger partial charge on any atom is 0.329 e. The fraction of sp³-hybridized carbons (Fsp3) is 0.714. The van der Waals surface area contributed by atoms with E-state index in [1.165, 1.54) is 14.2 Å². The molecule has 0 radical (unpaired) electrons. The second kappa shape index (κ2) is 7.24. The van der Waals surface area contributed by atoms with Gasteiger partial charge in [0.1, 0.15) is 11.6 Å². The Kier molecular flexibility index (Phi) is 5.90. The standard InChI is InChI=1S/C14H24N4O4/c1-8(2)9(10(19)22-14(3,4)5)15-11-16-12(20-6)18-13(17-11)21-7/h8-9H,1-7H3,(H,15,16,17,18). The van der Waals surface area contributed by atoms with E-state index in [1.54, 1.807) is 0 Å². The number of esters is 1. The summed E-state index contributed by atoms with van der Waals surface area (Å²) in [7, 11) is 2.87. The Balaban J connectivity index is 2.98. The Morgan fingerprint density at radius 3 is 1.91 bits per heavy atom. The maximum absolute atomic E-state index is 12.3. The molecule has 8 nitrogen and oxygen atoms in total. The molecule has 22 heavy (non-hydrogen) atoms. The summed E-state index contributed by atoms with van der Waals surface area (Å²) in [6.45, 7) is 9.25. The van der Waals surface area contributed by atoms with Crippen LogP contribution in [0, 0.1) is 5.92 Å². The highest BCUT2D eigenvalue weighted by Crippen LogP contribution is 2.18. The van der Waals surface area contributed by atoms with Crippen molar-refractivity contribution in [2.45, 2.75) is 46.3 Å². The van der Waals surface area contributed by atoms with Gasteiger partial charge in [-0.05, 0) is 26.7 Å². The lowest BCUT2D eigenvalue weighted by atomic mass is 10.0. The van der Waals surface area contributed by atoms with Crippen LogP contribution in [0.5, 0.6) is 12.0 Å². The van der Waals surface area contributed by atoms with Crippen LogP contribution < -0.4 is 14.8 Å². The van der Waals surface area contributed by atoms with Gasteiger partial charge in [0.05, 0.1) is 14.2 Å². The molecular formula is C14H24N4O4. The van der Waals surface area contributed by atoms with Crippen molar-refractivity contribution in [2.24, 2.45) is 5.92 Å². The largest absolute Gasteiger partial charge is 0.467 e. The number of anilines is 1. The van der Waals surface area contributed by atoms with Crippen LogP contribution in [0.25, 0.3) is 0 Å². The summed E-state index contributed by atoms with van der Waals surface area (Å²) >= 11 is 0. The number of ether oxygens (including phenoxy) is 3. The summed E-state index contributed by atoms with van der Waals surface area (Å²) in [5.74, 6) is -0.210. The fourth-order valence-corrected chi connectivity index (χ4v) is 1.59. The highest BCUT2D eigenvalue weighted by molar-refractivity contribution is 5.79. The summed E-state index contributed by atoms with van der Waals surface area (Å²) in [6, 6.07) is -0.405. The van der Waals surface area contributed by atoms with Gasteiger partial charge in [-0.15, -0.1) is 4.98 Å². The van der Waals surface area contributed by atoms with Crippen molar-refractivity contribution in [2.75, 3.05) is 19.5 Å². The van der Waals surface area contributed by atoms with E-state index >= 15 is 0 Å². The zero-order valence-corrected chi connectivity index (χ0v) is 14.1. The van der Waals surface area contributed by atoms with E-state index in [2.05, 4.69) is 20.3 Å². The van der Waals surface area contributed by atoms with E-state index in [9.17, 15) is 4.79 Å². The van der Waals surface area contributed by atoms with Crippen LogP contribution in [0.2, 0.25) is 0 Å². The number of methoxy groups -OCH3 is 2. The minimum atomic E-state index is -0.601. The molecule has 0 saturated carbocycles. The van der Waals surface area contributed by atoms with Crippen LogP contribution in [0.4, 0.5) is 5.95 Å². The van der Waals surface area contributed by atoms with Crippen LogP contribution in [0.15, 0.2) is 0 Å². The van der Waals surface area contributed by atoms with Gasteiger partial charge in [0.2, 0.25) is 5.95 Å². The van der Waals surface area contributed by atoms with Crippen molar-refractivity contribution in [3.63, 3.8) is 0 Å². The highest BCUT2D eigenvalue weighted by atomic mass is 16.6. The van der Waals surface area contributed by atoms with Crippen LogP contribution in [0.3, 0.4) is 0 Å². The number of aromatic nitrogens is 3. The zero-order chi connectivity index (χ0) is 16.9. The second-order valence-corrected chi connectivity index (χ2v) is 6.03. The summed E-state index contributed by atoms with van der Waals surface area (Å²) in [5, 5.41) is 2.95. The predicted octanol–water partition coefficient (Wildman–Crippen LogP) is 1.67. The molecule has 0 spiro atoms. The minimum Gasteiger partial charge on any atom is -0.467 e. The topological polar surface area (TPSA) is 95.5 Å². The summed E-state index contributed by atoms with van der Waals surface area (Å²) in [6.07, 6.45) is 0. The van der Waals surface area contributed by atoms with Gasteiger partial charge >= 0.3 is 18.0 Å². The molecule has 0 bridgehead atoms. The van der Waals surface area contributed by atoms with Crippen molar-refractivity contribution in [3.8, 4) is 12.0 Å². The van der Waals surface area contributed by atoms with Gasteiger partial charge in [0.25, 0.3) is 0 Å². The lowest BCUT2D eigenvalue weighted by Crippen LogP contribution is -2.40. The molecule has 124 valence electrons. The molecule has 1 aromatic heterocycles. The Morgan fingerprint density at radius 2 is 1.55 bits per heavy atom. The number of carbonyl (C=O) groups is 1. The summed E-state index contributed by atoms with van der Waals surface area (Å²) < 4.78 is 15.4. The molecule has 0 saturated heterocycles. The number of carbonyl (C=O) groups excluding carboxylic acids is 1. The molecule has 0 aliphatic heterocycles. The van der Waals surface area contributed by atoms with Gasteiger partial charge < -0.3 is 19.5 Å². The van der Waals surface area contributed by atoms with Crippen molar-refractivity contribution < 1.29 is 19.0 Å². The van der Waals surface area contributed by atoms with Crippen molar-refractivity contribution >= 4 is 11.9 Å². The van der Waals surface area contributed by atoms with Gasteiger partial charge in [0.15, 0.2) is 0 Å². The van der Waals surface area contributed by atoms with E-state index in [0.717, 1.165) is 0 Å². The molecule has 8 heteroatoms. The van der Waals surface area contributed by atoms with E-state index < -0.39 is 11.6 Å². The minimum absolute atomic E-state index is 0.0244. The third-order valence-electron chi connectivity index (χ3n) is 2.57. The summed E-state index contributed by atoms with van der Waals surface area (Å²) in [4.78, 5) is 24.3. The molecular weight excluding hydrogens is 288 g/mol. The molecule has 1 unspecified atom stereocenters. The molecule has 1 heterocycles. The smallest absolute Gasteiger partial charge is 0.329 e.